The topological polar surface area (TPSA) is 108 Å². The summed E-state index contributed by atoms with van der Waals surface area (Å²) in [5.41, 5.74) is 7.87. The van der Waals surface area contributed by atoms with Crippen LogP contribution in [0, 0.1) is 11.3 Å². The lowest BCUT2D eigenvalue weighted by Gasteiger charge is -2.19. The molecule has 0 aliphatic heterocycles. The number of anilines is 1. The standard InChI is InChI=1S/C24H20N4O2/c25-15-19(16-27-24(30)20-13-7-8-14-21(20)26)23(29)28-22(17-9-3-1-4-10-17)18-11-5-2-6-12-18/h1-14,16,22H,26H2,(H,27,30)(H,28,29)/b19-16-. The second-order valence-electron chi connectivity index (χ2n) is 6.46. The molecule has 0 atom stereocenters. The molecule has 0 aliphatic rings. The predicted molar refractivity (Wildman–Crippen MR) is 115 cm³/mol. The average molecular weight is 396 g/mol. The molecule has 0 saturated heterocycles. The Kier molecular flexibility index (Phi) is 6.59. The Morgan fingerprint density at radius 2 is 1.40 bits per heavy atom. The van der Waals surface area contributed by atoms with E-state index < -0.39 is 17.9 Å². The molecule has 4 N–H and O–H groups in total. The number of rotatable bonds is 6. The summed E-state index contributed by atoms with van der Waals surface area (Å²) in [5, 5.41) is 14.8. The van der Waals surface area contributed by atoms with Crippen molar-refractivity contribution in [1.29, 1.82) is 5.26 Å². The molecule has 148 valence electrons. The highest BCUT2D eigenvalue weighted by Crippen LogP contribution is 2.22. The molecule has 0 aliphatic carbocycles. The third kappa shape index (κ3) is 4.91. The molecular formula is C24H20N4O2. The average Bonchev–Trinajstić information content (AvgIpc) is 2.79. The van der Waals surface area contributed by atoms with E-state index in [1.165, 1.54) is 0 Å². The van der Waals surface area contributed by atoms with Crippen molar-refractivity contribution in [1.82, 2.24) is 10.6 Å². The van der Waals surface area contributed by atoms with Gasteiger partial charge in [0.25, 0.3) is 11.8 Å². The van der Waals surface area contributed by atoms with Gasteiger partial charge in [-0.15, -0.1) is 0 Å². The van der Waals surface area contributed by atoms with E-state index in [4.69, 9.17) is 5.73 Å². The minimum atomic E-state index is -0.600. The first kappa shape index (κ1) is 20.4. The zero-order chi connectivity index (χ0) is 21.3. The van der Waals surface area contributed by atoms with Gasteiger partial charge in [-0.25, -0.2) is 0 Å². The first-order chi connectivity index (χ1) is 14.6. The van der Waals surface area contributed by atoms with E-state index in [1.54, 1.807) is 24.3 Å². The fraction of sp³-hybridized carbons (Fsp3) is 0.0417. The van der Waals surface area contributed by atoms with Crippen molar-refractivity contribution in [3.63, 3.8) is 0 Å². The quantitative estimate of drug-likeness (QED) is 0.337. The molecule has 2 amide bonds. The van der Waals surface area contributed by atoms with Gasteiger partial charge in [0.2, 0.25) is 0 Å². The SMILES string of the molecule is N#C/C(=C/NC(=O)c1ccccc1N)C(=O)NC(c1ccccc1)c1ccccc1. The number of amides is 2. The fourth-order valence-corrected chi connectivity index (χ4v) is 2.93. The molecule has 3 rings (SSSR count). The van der Waals surface area contributed by atoms with Crippen molar-refractivity contribution >= 4 is 17.5 Å². The van der Waals surface area contributed by atoms with E-state index in [2.05, 4.69) is 10.6 Å². The van der Waals surface area contributed by atoms with Crippen LogP contribution in [0.2, 0.25) is 0 Å². The molecule has 30 heavy (non-hydrogen) atoms. The van der Waals surface area contributed by atoms with Crippen LogP contribution in [-0.4, -0.2) is 11.8 Å². The molecule has 0 radical (unpaired) electrons. The van der Waals surface area contributed by atoms with Crippen LogP contribution in [0.15, 0.2) is 96.7 Å². The first-order valence-electron chi connectivity index (χ1n) is 9.26. The van der Waals surface area contributed by atoms with Crippen LogP contribution in [0.1, 0.15) is 27.5 Å². The Hall–Kier alpha value is -4.37. The Bertz CT molecular complexity index is 1060. The Labute approximate surface area is 174 Å². The number of nitrogen functional groups attached to an aromatic ring is 1. The van der Waals surface area contributed by atoms with Crippen LogP contribution < -0.4 is 16.4 Å². The molecule has 0 saturated carbocycles. The molecule has 6 heteroatoms. The highest BCUT2D eigenvalue weighted by molar-refractivity contribution is 6.02. The monoisotopic (exact) mass is 396 g/mol. The van der Waals surface area contributed by atoms with Gasteiger partial charge in [0, 0.05) is 11.9 Å². The molecule has 3 aromatic carbocycles. The van der Waals surface area contributed by atoms with E-state index in [9.17, 15) is 14.9 Å². The second kappa shape index (κ2) is 9.71. The number of hydrogen-bond acceptors (Lipinski definition) is 4. The molecule has 0 unspecified atom stereocenters. The summed E-state index contributed by atoms with van der Waals surface area (Å²) < 4.78 is 0. The number of carbonyl (C=O) groups is 2. The highest BCUT2D eigenvalue weighted by atomic mass is 16.2. The number of nitriles is 1. The predicted octanol–water partition coefficient (Wildman–Crippen LogP) is 3.31. The van der Waals surface area contributed by atoms with Crippen molar-refractivity contribution in [2.24, 2.45) is 0 Å². The number of carbonyl (C=O) groups excluding carboxylic acids is 2. The summed E-state index contributed by atoms with van der Waals surface area (Å²) in [7, 11) is 0. The van der Waals surface area contributed by atoms with Crippen LogP contribution in [0.3, 0.4) is 0 Å². The van der Waals surface area contributed by atoms with Crippen LogP contribution in [0.4, 0.5) is 5.69 Å². The lowest BCUT2D eigenvalue weighted by atomic mass is 9.98. The maximum absolute atomic E-state index is 12.8. The smallest absolute Gasteiger partial charge is 0.264 e. The second-order valence-corrected chi connectivity index (χ2v) is 6.46. The Morgan fingerprint density at radius 1 is 0.867 bits per heavy atom. The zero-order valence-corrected chi connectivity index (χ0v) is 16.1. The van der Waals surface area contributed by atoms with Crippen molar-refractivity contribution in [3.05, 3.63) is 113 Å². The Balaban J connectivity index is 1.80. The summed E-state index contributed by atoms with van der Waals surface area (Å²) in [5.74, 6) is -1.10. The van der Waals surface area contributed by atoms with Crippen LogP contribution in [0.25, 0.3) is 0 Å². The normalized spacial score (nSPS) is 10.9. The van der Waals surface area contributed by atoms with Gasteiger partial charge < -0.3 is 16.4 Å². The molecular weight excluding hydrogens is 376 g/mol. The Morgan fingerprint density at radius 3 is 1.93 bits per heavy atom. The maximum Gasteiger partial charge on any atom is 0.264 e. The summed E-state index contributed by atoms with van der Waals surface area (Å²) in [6, 6.07) is 26.8. The summed E-state index contributed by atoms with van der Waals surface area (Å²) >= 11 is 0. The zero-order valence-electron chi connectivity index (χ0n) is 16.1. The lowest BCUT2D eigenvalue weighted by Crippen LogP contribution is -2.31. The van der Waals surface area contributed by atoms with Crippen molar-refractivity contribution < 1.29 is 9.59 Å². The number of nitrogens with one attached hydrogen (secondary N) is 2. The molecule has 6 nitrogen and oxygen atoms in total. The molecule has 3 aromatic rings. The number of hydrogen-bond donors (Lipinski definition) is 3. The minimum Gasteiger partial charge on any atom is -0.398 e. The maximum atomic E-state index is 12.8. The summed E-state index contributed by atoms with van der Waals surface area (Å²) in [6.07, 6.45) is 1.09. The van der Waals surface area contributed by atoms with Crippen molar-refractivity contribution in [2.45, 2.75) is 6.04 Å². The highest BCUT2D eigenvalue weighted by Gasteiger charge is 2.19. The molecule has 0 bridgehead atoms. The molecule has 0 aromatic heterocycles. The summed E-state index contributed by atoms with van der Waals surface area (Å²) in [4.78, 5) is 25.1. The van der Waals surface area contributed by atoms with Crippen molar-refractivity contribution in [3.8, 4) is 6.07 Å². The van der Waals surface area contributed by atoms with Crippen LogP contribution in [-0.2, 0) is 4.79 Å². The summed E-state index contributed by atoms with van der Waals surface area (Å²) in [6.45, 7) is 0. The van der Waals surface area contributed by atoms with Gasteiger partial charge in [-0.3, -0.25) is 9.59 Å². The lowest BCUT2D eigenvalue weighted by molar-refractivity contribution is -0.117. The van der Waals surface area contributed by atoms with E-state index >= 15 is 0 Å². The largest absolute Gasteiger partial charge is 0.398 e. The van der Waals surface area contributed by atoms with Gasteiger partial charge in [0.1, 0.15) is 11.6 Å². The first-order valence-corrected chi connectivity index (χ1v) is 9.26. The number of para-hydroxylation sites is 1. The van der Waals surface area contributed by atoms with Gasteiger partial charge in [-0.05, 0) is 23.3 Å². The number of benzene rings is 3. The number of nitrogens with two attached hydrogens (primary N) is 1. The van der Waals surface area contributed by atoms with Gasteiger partial charge in [0.15, 0.2) is 0 Å². The van der Waals surface area contributed by atoms with E-state index in [0.29, 0.717) is 5.69 Å². The van der Waals surface area contributed by atoms with Gasteiger partial charge in [0.05, 0.1) is 11.6 Å². The minimum absolute atomic E-state index is 0.227. The number of nitrogens with zero attached hydrogens (tertiary/aromatic N) is 1. The van der Waals surface area contributed by atoms with E-state index in [1.807, 2.05) is 66.7 Å². The van der Waals surface area contributed by atoms with Crippen LogP contribution >= 0.6 is 0 Å². The third-order valence-corrected chi connectivity index (χ3v) is 4.46. The molecule has 0 fully saturated rings. The third-order valence-electron chi connectivity index (χ3n) is 4.46. The van der Waals surface area contributed by atoms with Crippen LogP contribution in [0.5, 0.6) is 0 Å². The fourth-order valence-electron chi connectivity index (χ4n) is 2.93. The molecule has 0 spiro atoms. The molecule has 0 heterocycles. The van der Waals surface area contributed by atoms with E-state index in [0.717, 1.165) is 17.3 Å². The van der Waals surface area contributed by atoms with Gasteiger partial charge in [-0.2, -0.15) is 5.26 Å². The van der Waals surface area contributed by atoms with Gasteiger partial charge in [-0.1, -0.05) is 72.8 Å². The van der Waals surface area contributed by atoms with Crippen molar-refractivity contribution in [2.75, 3.05) is 5.73 Å². The van der Waals surface area contributed by atoms with E-state index in [-0.39, 0.29) is 11.1 Å². The van der Waals surface area contributed by atoms with Gasteiger partial charge >= 0.3 is 0 Å².